The zero-order valence-electron chi connectivity index (χ0n) is 11.1. The number of alkyl carbamates (subject to hydrolysis) is 1. The van der Waals surface area contributed by atoms with Gasteiger partial charge in [0.25, 0.3) is 0 Å². The molecule has 0 aliphatic heterocycles. The average molecular weight is 291 g/mol. The number of hydrogen-bond acceptors (Lipinski definition) is 3. The van der Waals surface area contributed by atoms with Crippen LogP contribution in [0.1, 0.15) is 16.8 Å². The van der Waals surface area contributed by atoms with E-state index in [9.17, 15) is 4.79 Å². The standard InChI is InChI=1S/C15H15ClN2O2/c1-11-7-8-13(14(16)18-11)9-17-15(19)20-10-12-5-3-2-4-6-12/h2-8H,9-10H2,1H3,(H,17,19). The van der Waals surface area contributed by atoms with Crippen LogP contribution in [0.4, 0.5) is 4.79 Å². The number of carbonyl (C=O) groups excluding carboxylic acids is 1. The van der Waals surface area contributed by atoms with Crippen LogP contribution in [0, 0.1) is 6.92 Å². The first kappa shape index (κ1) is 14.3. The number of aromatic nitrogens is 1. The zero-order valence-corrected chi connectivity index (χ0v) is 11.9. The van der Waals surface area contributed by atoms with Gasteiger partial charge in [-0.2, -0.15) is 0 Å². The van der Waals surface area contributed by atoms with Crippen LogP contribution in [-0.2, 0) is 17.9 Å². The minimum atomic E-state index is -0.481. The first-order valence-electron chi connectivity index (χ1n) is 6.22. The second-order valence-corrected chi connectivity index (χ2v) is 4.68. The predicted octanol–water partition coefficient (Wildman–Crippen LogP) is 3.47. The summed E-state index contributed by atoms with van der Waals surface area (Å²) in [6, 6.07) is 13.2. The van der Waals surface area contributed by atoms with Crippen LogP contribution < -0.4 is 5.32 Å². The molecule has 104 valence electrons. The maximum Gasteiger partial charge on any atom is 0.407 e. The molecular formula is C15H15ClN2O2. The smallest absolute Gasteiger partial charge is 0.407 e. The van der Waals surface area contributed by atoms with Crippen LogP contribution in [0.15, 0.2) is 42.5 Å². The summed E-state index contributed by atoms with van der Waals surface area (Å²) in [4.78, 5) is 15.7. The normalized spacial score (nSPS) is 10.1. The third-order valence-corrected chi connectivity index (χ3v) is 3.03. The molecule has 1 amide bonds. The minimum absolute atomic E-state index is 0.243. The largest absolute Gasteiger partial charge is 0.445 e. The molecule has 20 heavy (non-hydrogen) atoms. The quantitative estimate of drug-likeness (QED) is 0.877. The molecule has 1 aromatic carbocycles. The molecule has 4 nitrogen and oxygen atoms in total. The van der Waals surface area contributed by atoms with E-state index < -0.39 is 6.09 Å². The molecule has 0 aliphatic rings. The highest BCUT2D eigenvalue weighted by Gasteiger charge is 2.06. The highest BCUT2D eigenvalue weighted by atomic mass is 35.5. The number of nitrogens with zero attached hydrogens (tertiary/aromatic N) is 1. The number of amides is 1. The van der Waals surface area contributed by atoms with Gasteiger partial charge in [-0.05, 0) is 18.6 Å². The first-order chi connectivity index (χ1) is 9.65. The Balaban J connectivity index is 1.80. The second-order valence-electron chi connectivity index (χ2n) is 4.32. The van der Waals surface area contributed by atoms with Gasteiger partial charge >= 0.3 is 6.09 Å². The van der Waals surface area contributed by atoms with E-state index in [1.807, 2.05) is 49.4 Å². The van der Waals surface area contributed by atoms with E-state index in [-0.39, 0.29) is 6.61 Å². The molecular weight excluding hydrogens is 276 g/mol. The van der Waals surface area contributed by atoms with Gasteiger partial charge in [-0.15, -0.1) is 0 Å². The fourth-order valence-electron chi connectivity index (χ4n) is 1.63. The monoisotopic (exact) mass is 290 g/mol. The van der Waals surface area contributed by atoms with E-state index in [1.54, 1.807) is 0 Å². The summed E-state index contributed by atoms with van der Waals surface area (Å²) in [6.07, 6.45) is -0.481. The lowest BCUT2D eigenvalue weighted by Gasteiger charge is -2.08. The number of hydrogen-bond donors (Lipinski definition) is 1. The summed E-state index contributed by atoms with van der Waals surface area (Å²) in [5.74, 6) is 0. The highest BCUT2D eigenvalue weighted by molar-refractivity contribution is 6.30. The van der Waals surface area contributed by atoms with Crippen molar-refractivity contribution in [2.24, 2.45) is 0 Å². The summed E-state index contributed by atoms with van der Waals surface area (Å²) in [6.45, 7) is 2.39. The fraction of sp³-hybridized carbons (Fsp3) is 0.200. The van der Waals surface area contributed by atoms with E-state index in [1.165, 1.54) is 0 Å². The summed E-state index contributed by atoms with van der Waals surface area (Å²) in [5.41, 5.74) is 2.54. The average Bonchev–Trinajstić information content (AvgIpc) is 2.45. The number of pyridine rings is 1. The van der Waals surface area contributed by atoms with Gasteiger partial charge in [0, 0.05) is 17.8 Å². The van der Waals surface area contributed by atoms with Crippen molar-refractivity contribution in [2.75, 3.05) is 0 Å². The van der Waals surface area contributed by atoms with Gasteiger partial charge < -0.3 is 10.1 Å². The van der Waals surface area contributed by atoms with Crippen LogP contribution in [0.3, 0.4) is 0 Å². The molecule has 0 aliphatic carbocycles. The first-order valence-corrected chi connectivity index (χ1v) is 6.59. The molecule has 0 unspecified atom stereocenters. The van der Waals surface area contributed by atoms with Crippen molar-refractivity contribution in [1.29, 1.82) is 0 Å². The van der Waals surface area contributed by atoms with Crippen molar-refractivity contribution in [2.45, 2.75) is 20.1 Å². The molecule has 0 radical (unpaired) electrons. The van der Waals surface area contributed by atoms with Crippen LogP contribution in [-0.4, -0.2) is 11.1 Å². The Kier molecular flexibility index (Phi) is 4.96. The Bertz CT molecular complexity index is 588. The number of aryl methyl sites for hydroxylation is 1. The number of nitrogens with one attached hydrogen (secondary N) is 1. The van der Waals surface area contributed by atoms with Gasteiger partial charge in [-0.25, -0.2) is 9.78 Å². The molecule has 1 aromatic heterocycles. The summed E-state index contributed by atoms with van der Waals surface area (Å²) in [5, 5.41) is 3.04. The zero-order chi connectivity index (χ0) is 14.4. The summed E-state index contributed by atoms with van der Waals surface area (Å²) < 4.78 is 5.10. The van der Waals surface area contributed by atoms with Gasteiger partial charge in [0.05, 0.1) is 0 Å². The molecule has 0 saturated carbocycles. The van der Waals surface area contributed by atoms with Crippen LogP contribution in [0.2, 0.25) is 5.15 Å². The maximum absolute atomic E-state index is 11.6. The van der Waals surface area contributed by atoms with Gasteiger partial charge in [0.15, 0.2) is 0 Å². The highest BCUT2D eigenvalue weighted by Crippen LogP contribution is 2.13. The molecule has 0 bridgehead atoms. The van der Waals surface area contributed by atoms with Gasteiger partial charge in [-0.1, -0.05) is 48.0 Å². The van der Waals surface area contributed by atoms with E-state index in [2.05, 4.69) is 10.3 Å². The molecule has 0 fully saturated rings. The van der Waals surface area contributed by atoms with Gasteiger partial charge in [0.1, 0.15) is 11.8 Å². The van der Waals surface area contributed by atoms with E-state index in [4.69, 9.17) is 16.3 Å². The molecule has 1 heterocycles. The van der Waals surface area contributed by atoms with Crippen molar-refractivity contribution < 1.29 is 9.53 Å². The summed E-state index contributed by atoms with van der Waals surface area (Å²) >= 11 is 5.98. The van der Waals surface area contributed by atoms with Crippen molar-refractivity contribution in [3.8, 4) is 0 Å². The predicted molar refractivity (Wildman–Crippen MR) is 77.5 cm³/mol. The molecule has 1 N–H and O–H groups in total. The molecule has 0 spiro atoms. The van der Waals surface area contributed by atoms with Crippen LogP contribution in [0.5, 0.6) is 0 Å². The lowest BCUT2D eigenvalue weighted by Crippen LogP contribution is -2.23. The van der Waals surface area contributed by atoms with Crippen LogP contribution >= 0.6 is 11.6 Å². The Morgan fingerprint density at radius 1 is 1.25 bits per heavy atom. The molecule has 2 aromatic rings. The minimum Gasteiger partial charge on any atom is -0.445 e. The van der Waals surface area contributed by atoms with Crippen LogP contribution in [0.25, 0.3) is 0 Å². The Morgan fingerprint density at radius 3 is 2.70 bits per heavy atom. The van der Waals surface area contributed by atoms with Crippen molar-refractivity contribution in [1.82, 2.24) is 10.3 Å². The van der Waals surface area contributed by atoms with E-state index in [0.717, 1.165) is 16.8 Å². The van der Waals surface area contributed by atoms with Gasteiger partial charge in [0.2, 0.25) is 0 Å². The Labute approximate surface area is 122 Å². The number of benzene rings is 1. The lowest BCUT2D eigenvalue weighted by molar-refractivity contribution is 0.139. The lowest BCUT2D eigenvalue weighted by atomic mass is 10.2. The van der Waals surface area contributed by atoms with Crippen molar-refractivity contribution in [3.05, 3.63) is 64.4 Å². The second kappa shape index (κ2) is 6.91. The number of ether oxygens (including phenoxy) is 1. The SMILES string of the molecule is Cc1ccc(CNC(=O)OCc2ccccc2)c(Cl)n1. The number of carbonyl (C=O) groups is 1. The number of halogens is 1. The summed E-state index contributed by atoms with van der Waals surface area (Å²) in [7, 11) is 0. The molecule has 2 rings (SSSR count). The van der Waals surface area contributed by atoms with Crippen molar-refractivity contribution >= 4 is 17.7 Å². The molecule has 0 saturated heterocycles. The van der Waals surface area contributed by atoms with Gasteiger partial charge in [-0.3, -0.25) is 0 Å². The van der Waals surface area contributed by atoms with E-state index in [0.29, 0.717) is 11.7 Å². The number of rotatable bonds is 4. The molecule has 5 heteroatoms. The van der Waals surface area contributed by atoms with E-state index >= 15 is 0 Å². The third kappa shape index (κ3) is 4.24. The Morgan fingerprint density at radius 2 is 2.00 bits per heavy atom. The topological polar surface area (TPSA) is 51.2 Å². The van der Waals surface area contributed by atoms with Crippen molar-refractivity contribution in [3.63, 3.8) is 0 Å². The third-order valence-electron chi connectivity index (χ3n) is 2.70. The maximum atomic E-state index is 11.6. The molecule has 0 atom stereocenters. The Hall–Kier alpha value is -2.07. The fourth-order valence-corrected chi connectivity index (χ4v) is 1.89.